The highest BCUT2D eigenvalue weighted by Crippen LogP contribution is 2.33. The van der Waals surface area contributed by atoms with Crippen LogP contribution in [0, 0.1) is 12.7 Å². The predicted molar refractivity (Wildman–Crippen MR) is 80.2 cm³/mol. The van der Waals surface area contributed by atoms with Crippen LogP contribution in [0.3, 0.4) is 0 Å². The van der Waals surface area contributed by atoms with E-state index in [0.717, 1.165) is 12.1 Å². The zero-order chi connectivity index (χ0) is 18.5. The molecule has 0 unspecified atom stereocenters. The van der Waals surface area contributed by atoms with Crippen LogP contribution in [0.25, 0.3) is 0 Å². The van der Waals surface area contributed by atoms with E-state index in [0.29, 0.717) is 18.2 Å². The molecule has 0 radical (unpaired) electrons. The number of nitrogens with zero attached hydrogens (tertiary/aromatic N) is 1. The Bertz CT molecular complexity index is 594. The summed E-state index contributed by atoms with van der Waals surface area (Å²) in [5.74, 6) is -3.62. The Morgan fingerprint density at radius 1 is 1.17 bits per heavy atom. The van der Waals surface area contributed by atoms with Crippen molar-refractivity contribution >= 4 is 23.3 Å². The molecule has 0 fully saturated rings. The van der Waals surface area contributed by atoms with Gasteiger partial charge in [0.15, 0.2) is 0 Å². The van der Waals surface area contributed by atoms with Crippen LogP contribution in [-0.2, 0) is 0 Å². The molecule has 24 heavy (non-hydrogen) atoms. The van der Waals surface area contributed by atoms with Gasteiger partial charge in [0.05, 0.1) is 11.4 Å². The highest BCUT2D eigenvalue weighted by atomic mass is 32.2. The quantitative estimate of drug-likeness (QED) is 0.314. The number of hydrogen-bond acceptors (Lipinski definition) is 2. The largest absolute Gasteiger partial charge is 0.449 e. The lowest BCUT2D eigenvalue weighted by molar-refractivity contribution is -0.105. The van der Waals surface area contributed by atoms with Crippen molar-refractivity contribution in [1.29, 1.82) is 0 Å². The number of hydrogen-bond donors (Lipinski definition) is 1. The number of nitrogens with one attached hydrogen (secondary N) is 1. The number of rotatable bonds is 5. The van der Waals surface area contributed by atoms with Gasteiger partial charge >= 0.3 is 12.4 Å². The van der Waals surface area contributed by atoms with Gasteiger partial charge in [-0.1, -0.05) is 6.92 Å². The summed E-state index contributed by atoms with van der Waals surface area (Å²) in [6.07, 6.45) is -8.92. The van der Waals surface area contributed by atoms with E-state index in [1.165, 1.54) is 6.92 Å². The van der Waals surface area contributed by atoms with Crippen LogP contribution in [0.5, 0.6) is 0 Å². The summed E-state index contributed by atoms with van der Waals surface area (Å²) in [5.41, 5.74) is -0.371. The average molecular weight is 376 g/mol. The number of aliphatic imine (C=N–C) groups is 1. The summed E-state index contributed by atoms with van der Waals surface area (Å²) in [6.45, 7) is 2.88. The van der Waals surface area contributed by atoms with Crippen molar-refractivity contribution in [2.45, 2.75) is 37.5 Å². The number of halogens is 7. The molecule has 0 heterocycles. The summed E-state index contributed by atoms with van der Waals surface area (Å²) in [4.78, 5) is 3.35. The van der Waals surface area contributed by atoms with Crippen molar-refractivity contribution in [3.63, 3.8) is 0 Å². The molecule has 1 N–H and O–H groups in total. The second-order valence-electron chi connectivity index (χ2n) is 4.85. The molecule has 0 bridgehead atoms. The SMILES string of the molecule is CCCN=C(Nc1cc(SCC(F)(F)F)c(C)cc1F)C(F)(F)F. The molecule has 1 rings (SSSR count). The molecule has 0 saturated heterocycles. The maximum atomic E-state index is 13.9. The van der Waals surface area contributed by atoms with Crippen molar-refractivity contribution in [1.82, 2.24) is 0 Å². The highest BCUT2D eigenvalue weighted by Gasteiger charge is 2.36. The summed E-state index contributed by atoms with van der Waals surface area (Å²) in [5, 5.41) is 1.84. The van der Waals surface area contributed by atoms with Gasteiger partial charge in [-0.25, -0.2) is 4.39 Å². The van der Waals surface area contributed by atoms with Gasteiger partial charge in [0.2, 0.25) is 5.84 Å². The van der Waals surface area contributed by atoms with Gasteiger partial charge in [0, 0.05) is 11.4 Å². The normalized spacial score (nSPS) is 13.3. The summed E-state index contributed by atoms with van der Waals surface area (Å²) in [6, 6.07) is 1.81. The molecule has 1 aromatic carbocycles. The first-order chi connectivity index (χ1) is 10.9. The Hall–Kier alpha value is -1.45. The Morgan fingerprint density at radius 3 is 2.29 bits per heavy atom. The fourth-order valence-electron chi connectivity index (χ4n) is 1.61. The minimum atomic E-state index is -4.83. The maximum Gasteiger partial charge on any atom is 0.449 e. The third-order valence-electron chi connectivity index (χ3n) is 2.67. The number of alkyl halides is 6. The molecule has 0 aromatic heterocycles. The lowest BCUT2D eigenvalue weighted by Crippen LogP contribution is -2.31. The second kappa shape index (κ2) is 8.09. The van der Waals surface area contributed by atoms with Crippen molar-refractivity contribution in [2.75, 3.05) is 17.6 Å². The lowest BCUT2D eigenvalue weighted by atomic mass is 10.2. The zero-order valence-electron chi connectivity index (χ0n) is 12.8. The van der Waals surface area contributed by atoms with E-state index >= 15 is 0 Å². The van der Waals surface area contributed by atoms with Crippen molar-refractivity contribution in [3.05, 3.63) is 23.5 Å². The van der Waals surface area contributed by atoms with Crippen molar-refractivity contribution < 1.29 is 30.7 Å². The maximum absolute atomic E-state index is 13.9. The van der Waals surface area contributed by atoms with Crippen molar-refractivity contribution in [2.24, 2.45) is 4.99 Å². The number of anilines is 1. The number of amidine groups is 1. The average Bonchev–Trinajstić information content (AvgIpc) is 2.42. The third kappa shape index (κ3) is 6.58. The Morgan fingerprint density at radius 2 is 1.79 bits per heavy atom. The molecule has 0 spiro atoms. The number of aryl methyl sites for hydroxylation is 1. The third-order valence-corrected chi connectivity index (χ3v) is 3.89. The van der Waals surface area contributed by atoms with Gasteiger partial charge in [0.25, 0.3) is 0 Å². The van der Waals surface area contributed by atoms with Crippen LogP contribution in [0.1, 0.15) is 18.9 Å². The minimum Gasteiger partial charge on any atom is -0.334 e. The zero-order valence-corrected chi connectivity index (χ0v) is 13.6. The molecule has 2 nitrogen and oxygen atoms in total. The minimum absolute atomic E-state index is 0.0354. The van der Waals surface area contributed by atoms with Gasteiger partial charge in [-0.2, -0.15) is 26.3 Å². The molecule has 0 aliphatic heterocycles. The molecule has 0 aliphatic rings. The van der Waals surface area contributed by atoms with E-state index < -0.39 is 35.4 Å². The lowest BCUT2D eigenvalue weighted by Gasteiger charge is -2.16. The Kier molecular flexibility index (Phi) is 6.94. The van der Waals surface area contributed by atoms with Crippen molar-refractivity contribution in [3.8, 4) is 0 Å². The summed E-state index contributed by atoms with van der Waals surface area (Å²) < 4.78 is 89.3. The number of thioether (sulfide) groups is 1. The molecule has 0 atom stereocenters. The van der Waals surface area contributed by atoms with Crippen LogP contribution in [0.4, 0.5) is 36.4 Å². The van der Waals surface area contributed by atoms with Crippen LogP contribution in [0.15, 0.2) is 22.0 Å². The van der Waals surface area contributed by atoms with Crippen LogP contribution >= 0.6 is 11.8 Å². The molecule has 136 valence electrons. The van der Waals surface area contributed by atoms with Crippen LogP contribution in [-0.4, -0.2) is 30.5 Å². The van der Waals surface area contributed by atoms with E-state index in [1.54, 1.807) is 6.92 Å². The first kappa shape index (κ1) is 20.6. The highest BCUT2D eigenvalue weighted by molar-refractivity contribution is 7.99. The van der Waals surface area contributed by atoms with E-state index in [1.807, 2.05) is 5.32 Å². The topological polar surface area (TPSA) is 24.4 Å². The molecule has 0 saturated carbocycles. The van der Waals surface area contributed by atoms with E-state index in [2.05, 4.69) is 4.99 Å². The first-order valence-electron chi connectivity index (χ1n) is 6.82. The standard InChI is InChI=1S/C14H15F7N2S/c1-3-4-22-12(14(19,20)21)23-10-6-11(8(2)5-9(10)15)24-7-13(16,17)18/h5-6H,3-4,7H2,1-2H3,(H,22,23). The van der Waals surface area contributed by atoms with Gasteiger partial charge < -0.3 is 5.32 Å². The van der Waals surface area contributed by atoms with E-state index in [-0.39, 0.29) is 17.0 Å². The molecule has 0 amide bonds. The molecule has 0 aliphatic carbocycles. The monoisotopic (exact) mass is 376 g/mol. The molecular formula is C14H15F7N2S. The Labute approximate surface area is 138 Å². The van der Waals surface area contributed by atoms with Gasteiger partial charge in [-0.3, -0.25) is 4.99 Å². The molecule has 1 aromatic rings. The molecule has 10 heteroatoms. The summed E-state index contributed by atoms with van der Waals surface area (Å²) >= 11 is 0.377. The second-order valence-corrected chi connectivity index (χ2v) is 5.87. The predicted octanol–water partition coefficient (Wildman–Crippen LogP) is 5.57. The summed E-state index contributed by atoms with van der Waals surface area (Å²) in [7, 11) is 0. The van der Waals surface area contributed by atoms with E-state index in [9.17, 15) is 30.7 Å². The fourth-order valence-corrected chi connectivity index (χ4v) is 2.42. The van der Waals surface area contributed by atoms with Crippen LogP contribution < -0.4 is 5.32 Å². The van der Waals surface area contributed by atoms with Gasteiger partial charge in [0.1, 0.15) is 5.82 Å². The van der Waals surface area contributed by atoms with Gasteiger partial charge in [-0.05, 0) is 31.0 Å². The Balaban J connectivity index is 3.10. The molecular weight excluding hydrogens is 361 g/mol. The van der Waals surface area contributed by atoms with Gasteiger partial charge in [-0.15, -0.1) is 11.8 Å². The number of benzene rings is 1. The van der Waals surface area contributed by atoms with E-state index in [4.69, 9.17) is 0 Å². The van der Waals surface area contributed by atoms with Crippen LogP contribution in [0.2, 0.25) is 0 Å². The fraction of sp³-hybridized carbons (Fsp3) is 0.500. The first-order valence-corrected chi connectivity index (χ1v) is 7.81. The smallest absolute Gasteiger partial charge is 0.334 e.